The molecule has 0 aliphatic carbocycles. The number of methoxy groups -OCH3 is 2. The first-order valence-electron chi connectivity index (χ1n) is 7.42. The summed E-state index contributed by atoms with van der Waals surface area (Å²) in [6.45, 7) is 0. The van der Waals surface area contributed by atoms with E-state index in [2.05, 4.69) is 22.9 Å². The van der Waals surface area contributed by atoms with Gasteiger partial charge in [-0.05, 0) is 35.7 Å². The maximum Gasteiger partial charge on any atom is 0.341 e. The Morgan fingerprint density at radius 2 is 1.91 bits per heavy atom. The predicted molar refractivity (Wildman–Crippen MR) is 90.1 cm³/mol. The van der Waals surface area contributed by atoms with E-state index in [9.17, 15) is 4.79 Å². The van der Waals surface area contributed by atoms with Gasteiger partial charge in [-0.2, -0.15) is 0 Å². The Kier molecular flexibility index (Phi) is 4.06. The van der Waals surface area contributed by atoms with Gasteiger partial charge in [-0.3, -0.25) is 0 Å². The number of rotatable bonds is 4. The number of benzene rings is 2. The summed E-state index contributed by atoms with van der Waals surface area (Å²) in [6, 6.07) is 13.9. The minimum atomic E-state index is -0.387. The van der Waals surface area contributed by atoms with Gasteiger partial charge >= 0.3 is 5.97 Å². The summed E-state index contributed by atoms with van der Waals surface area (Å²) in [5.41, 5.74) is 3.92. The number of ether oxygens (including phenoxy) is 2. The lowest BCUT2D eigenvalue weighted by atomic mass is 10.0. The third-order valence-corrected chi connectivity index (χ3v) is 4.04. The van der Waals surface area contributed by atoms with Crippen molar-refractivity contribution >= 4 is 16.9 Å². The first-order chi connectivity index (χ1) is 11.1. The van der Waals surface area contributed by atoms with E-state index in [0.29, 0.717) is 11.3 Å². The van der Waals surface area contributed by atoms with Gasteiger partial charge in [0.2, 0.25) is 0 Å². The summed E-state index contributed by atoms with van der Waals surface area (Å²) in [5, 5.41) is 1.23. The van der Waals surface area contributed by atoms with E-state index < -0.39 is 0 Å². The van der Waals surface area contributed by atoms with E-state index in [-0.39, 0.29) is 5.97 Å². The van der Waals surface area contributed by atoms with E-state index in [1.807, 2.05) is 37.4 Å². The molecule has 0 aliphatic heterocycles. The number of nitrogens with zero attached hydrogens (tertiary/aromatic N) is 1. The zero-order chi connectivity index (χ0) is 16.4. The number of hydrogen-bond acceptors (Lipinski definition) is 3. The third-order valence-electron chi connectivity index (χ3n) is 4.04. The van der Waals surface area contributed by atoms with E-state index in [1.165, 1.54) is 23.6 Å². The zero-order valence-corrected chi connectivity index (χ0v) is 13.5. The molecule has 4 heteroatoms. The number of carbonyl (C=O) groups excluding carboxylic acids is 1. The number of esters is 1. The number of para-hydroxylation sites is 1. The molecule has 3 aromatic rings. The van der Waals surface area contributed by atoms with Gasteiger partial charge in [-0.15, -0.1) is 0 Å². The Labute approximate surface area is 135 Å². The molecule has 1 heterocycles. The molecule has 2 aromatic carbocycles. The highest BCUT2D eigenvalue weighted by Crippen LogP contribution is 2.26. The Bertz CT molecular complexity index is 864. The minimum absolute atomic E-state index is 0.387. The first-order valence-corrected chi connectivity index (χ1v) is 7.42. The maximum absolute atomic E-state index is 11.9. The van der Waals surface area contributed by atoms with Crippen LogP contribution in [0.3, 0.4) is 0 Å². The monoisotopic (exact) mass is 309 g/mol. The van der Waals surface area contributed by atoms with Crippen LogP contribution in [0.15, 0.2) is 48.7 Å². The molecule has 118 valence electrons. The molecule has 23 heavy (non-hydrogen) atoms. The van der Waals surface area contributed by atoms with Crippen LogP contribution in [-0.4, -0.2) is 24.8 Å². The minimum Gasteiger partial charge on any atom is -0.496 e. The maximum atomic E-state index is 11.9. The van der Waals surface area contributed by atoms with E-state index in [0.717, 1.165) is 12.0 Å². The molecule has 0 aliphatic rings. The van der Waals surface area contributed by atoms with Crippen LogP contribution in [0.5, 0.6) is 5.75 Å². The average Bonchev–Trinajstić information content (AvgIpc) is 2.90. The van der Waals surface area contributed by atoms with Crippen LogP contribution in [0.1, 0.15) is 21.5 Å². The van der Waals surface area contributed by atoms with Crippen LogP contribution in [-0.2, 0) is 18.2 Å². The standard InChI is InChI=1S/C19H19NO3/c1-20-12-14(15-6-4-5-7-17(15)20)10-13-8-9-18(22-2)16(11-13)19(21)23-3/h4-9,11-12H,10H2,1-3H3. The van der Waals surface area contributed by atoms with Crippen LogP contribution >= 0.6 is 0 Å². The summed E-state index contributed by atoms with van der Waals surface area (Å²) in [6.07, 6.45) is 2.88. The third kappa shape index (κ3) is 2.80. The fourth-order valence-electron chi connectivity index (χ4n) is 2.92. The highest BCUT2D eigenvalue weighted by atomic mass is 16.5. The van der Waals surface area contributed by atoms with Crippen molar-refractivity contribution in [3.8, 4) is 5.75 Å². The molecular weight excluding hydrogens is 290 g/mol. The summed E-state index contributed by atoms with van der Waals surface area (Å²) in [5.74, 6) is 0.139. The van der Waals surface area contributed by atoms with Crippen molar-refractivity contribution < 1.29 is 14.3 Å². The molecule has 1 aromatic heterocycles. The lowest BCUT2D eigenvalue weighted by Gasteiger charge is -2.09. The van der Waals surface area contributed by atoms with Crippen LogP contribution in [0.25, 0.3) is 10.9 Å². The second-order valence-corrected chi connectivity index (χ2v) is 5.49. The van der Waals surface area contributed by atoms with E-state index in [1.54, 1.807) is 7.11 Å². The van der Waals surface area contributed by atoms with Crippen LogP contribution in [0.4, 0.5) is 0 Å². The van der Waals surface area contributed by atoms with Gasteiger partial charge in [0.1, 0.15) is 11.3 Å². The van der Waals surface area contributed by atoms with Crippen molar-refractivity contribution in [3.63, 3.8) is 0 Å². The molecule has 4 nitrogen and oxygen atoms in total. The molecule has 0 fully saturated rings. The molecule has 0 bridgehead atoms. The van der Waals surface area contributed by atoms with E-state index in [4.69, 9.17) is 9.47 Å². The highest BCUT2D eigenvalue weighted by molar-refractivity contribution is 5.92. The smallest absolute Gasteiger partial charge is 0.341 e. The van der Waals surface area contributed by atoms with Crippen LogP contribution < -0.4 is 4.74 Å². The molecule has 0 spiro atoms. The van der Waals surface area contributed by atoms with Gasteiger partial charge in [0.05, 0.1) is 14.2 Å². The second kappa shape index (κ2) is 6.16. The van der Waals surface area contributed by atoms with Gasteiger partial charge in [-0.1, -0.05) is 24.3 Å². The van der Waals surface area contributed by atoms with E-state index >= 15 is 0 Å². The first kappa shape index (κ1) is 15.2. The molecular formula is C19H19NO3. The molecule has 0 amide bonds. The van der Waals surface area contributed by atoms with Crippen molar-refractivity contribution in [3.05, 3.63) is 65.4 Å². The topological polar surface area (TPSA) is 40.5 Å². The number of fused-ring (bicyclic) bond motifs is 1. The number of aromatic nitrogens is 1. The van der Waals surface area contributed by atoms with Crippen molar-refractivity contribution in [2.24, 2.45) is 7.05 Å². The Hall–Kier alpha value is -2.75. The van der Waals surface area contributed by atoms with Crippen molar-refractivity contribution in [2.45, 2.75) is 6.42 Å². The SMILES string of the molecule is COC(=O)c1cc(Cc2cn(C)c3ccccc23)ccc1OC. The Morgan fingerprint density at radius 1 is 1.13 bits per heavy atom. The lowest BCUT2D eigenvalue weighted by Crippen LogP contribution is -2.05. The quantitative estimate of drug-likeness (QED) is 0.692. The Balaban J connectivity index is 2.00. The fourth-order valence-corrected chi connectivity index (χ4v) is 2.92. The van der Waals surface area contributed by atoms with Crippen molar-refractivity contribution in [1.29, 1.82) is 0 Å². The molecule has 0 saturated carbocycles. The van der Waals surface area contributed by atoms with Crippen LogP contribution in [0, 0.1) is 0 Å². The number of aryl methyl sites for hydroxylation is 1. The largest absolute Gasteiger partial charge is 0.496 e. The molecule has 3 rings (SSSR count). The molecule has 0 atom stereocenters. The predicted octanol–water partition coefficient (Wildman–Crippen LogP) is 3.56. The van der Waals surface area contributed by atoms with Crippen molar-refractivity contribution in [2.75, 3.05) is 14.2 Å². The zero-order valence-electron chi connectivity index (χ0n) is 13.5. The molecule has 0 saturated heterocycles. The molecule has 0 N–H and O–H groups in total. The number of hydrogen-bond donors (Lipinski definition) is 0. The Morgan fingerprint density at radius 3 is 2.65 bits per heavy atom. The molecule has 0 unspecified atom stereocenters. The normalized spacial score (nSPS) is 10.7. The summed E-state index contributed by atoms with van der Waals surface area (Å²) in [4.78, 5) is 11.9. The highest BCUT2D eigenvalue weighted by Gasteiger charge is 2.14. The summed E-state index contributed by atoms with van der Waals surface area (Å²) >= 11 is 0. The van der Waals surface area contributed by atoms with Crippen molar-refractivity contribution in [1.82, 2.24) is 4.57 Å². The lowest BCUT2D eigenvalue weighted by molar-refractivity contribution is 0.0597. The average molecular weight is 309 g/mol. The van der Waals surface area contributed by atoms with Gasteiger partial charge in [0.15, 0.2) is 0 Å². The second-order valence-electron chi connectivity index (χ2n) is 5.49. The van der Waals surface area contributed by atoms with Crippen LogP contribution in [0.2, 0.25) is 0 Å². The number of carbonyl (C=O) groups is 1. The van der Waals surface area contributed by atoms with Gasteiger partial charge in [-0.25, -0.2) is 4.79 Å². The molecule has 0 radical (unpaired) electrons. The van der Waals surface area contributed by atoms with Gasteiger partial charge < -0.3 is 14.0 Å². The van der Waals surface area contributed by atoms with Gasteiger partial charge in [0.25, 0.3) is 0 Å². The summed E-state index contributed by atoms with van der Waals surface area (Å²) < 4.78 is 12.2. The summed E-state index contributed by atoms with van der Waals surface area (Å²) in [7, 11) is 4.96. The fraction of sp³-hybridized carbons (Fsp3) is 0.211. The van der Waals surface area contributed by atoms with Gasteiger partial charge in [0, 0.05) is 24.1 Å².